The number of para-hydroxylation sites is 2. The highest BCUT2D eigenvalue weighted by atomic mass is 16.6. The van der Waals surface area contributed by atoms with Crippen molar-refractivity contribution in [1.82, 2.24) is 14.9 Å². The minimum Gasteiger partial charge on any atom is -0.486 e. The van der Waals surface area contributed by atoms with Gasteiger partial charge in [-0.15, -0.1) is 0 Å². The first kappa shape index (κ1) is 17.5. The molecule has 1 aromatic heterocycles. The van der Waals surface area contributed by atoms with Crippen molar-refractivity contribution in [3.8, 4) is 11.5 Å². The quantitative estimate of drug-likeness (QED) is 0.640. The van der Waals surface area contributed by atoms with E-state index in [0.717, 1.165) is 44.0 Å². The van der Waals surface area contributed by atoms with E-state index in [4.69, 9.17) is 15.2 Å². The van der Waals surface area contributed by atoms with Gasteiger partial charge in [-0.2, -0.15) is 0 Å². The minimum atomic E-state index is -0.565. The molecule has 0 radical (unpaired) electrons. The van der Waals surface area contributed by atoms with Crippen molar-refractivity contribution < 1.29 is 14.4 Å². The summed E-state index contributed by atoms with van der Waals surface area (Å²) in [6, 6.07) is 7.66. The highest BCUT2D eigenvalue weighted by Gasteiger charge is 2.29. The van der Waals surface area contributed by atoms with Crippen molar-refractivity contribution in [2.24, 2.45) is 0 Å². The van der Waals surface area contributed by atoms with Crippen LogP contribution in [0.5, 0.6) is 11.5 Å². The molecule has 3 heterocycles. The number of rotatable bonds is 4. The number of benzene rings is 1. The molecule has 142 valence electrons. The van der Waals surface area contributed by atoms with Gasteiger partial charge in [0.25, 0.3) is 0 Å². The minimum absolute atomic E-state index is 0.0403. The fourth-order valence-corrected chi connectivity index (χ4v) is 3.61. The third-order valence-corrected chi connectivity index (χ3v) is 4.91. The van der Waals surface area contributed by atoms with E-state index >= 15 is 0 Å². The number of fused-ring (bicyclic) bond motifs is 1. The fourth-order valence-electron chi connectivity index (χ4n) is 3.61. The van der Waals surface area contributed by atoms with Crippen LogP contribution in [-0.4, -0.2) is 52.1 Å². The number of nitrogens with two attached hydrogens (primary N) is 1. The molecule has 2 N–H and O–H groups in total. The molecule has 0 aliphatic carbocycles. The molecule has 1 aromatic carbocycles. The Balaban J connectivity index is 1.40. The largest absolute Gasteiger partial charge is 0.486 e. The van der Waals surface area contributed by atoms with Gasteiger partial charge in [0.1, 0.15) is 24.7 Å². The van der Waals surface area contributed by atoms with E-state index in [1.165, 1.54) is 6.20 Å². The molecule has 2 aliphatic rings. The monoisotopic (exact) mass is 371 g/mol. The number of likely N-dealkylation sites (tertiary alicyclic amines) is 1. The van der Waals surface area contributed by atoms with Gasteiger partial charge in [-0.25, -0.2) is 9.97 Å². The number of anilines is 1. The van der Waals surface area contributed by atoms with E-state index in [0.29, 0.717) is 12.4 Å². The van der Waals surface area contributed by atoms with Crippen molar-refractivity contribution in [1.29, 1.82) is 0 Å². The van der Waals surface area contributed by atoms with Crippen LogP contribution in [0.15, 0.2) is 30.5 Å². The van der Waals surface area contributed by atoms with Gasteiger partial charge >= 0.3 is 5.69 Å². The summed E-state index contributed by atoms with van der Waals surface area (Å²) in [7, 11) is 0. The molecule has 2 aliphatic heterocycles. The highest BCUT2D eigenvalue weighted by molar-refractivity contribution is 5.50. The Labute approximate surface area is 156 Å². The lowest BCUT2D eigenvalue weighted by molar-refractivity contribution is -0.384. The number of aromatic nitrogens is 2. The van der Waals surface area contributed by atoms with Crippen LogP contribution in [0.2, 0.25) is 0 Å². The lowest BCUT2D eigenvalue weighted by Gasteiger charge is -2.35. The van der Waals surface area contributed by atoms with E-state index in [9.17, 15) is 10.1 Å². The predicted octanol–water partition coefficient (Wildman–Crippen LogP) is 1.99. The van der Waals surface area contributed by atoms with Crippen LogP contribution in [0, 0.1) is 10.1 Å². The number of piperidine rings is 1. The van der Waals surface area contributed by atoms with E-state index < -0.39 is 4.92 Å². The van der Waals surface area contributed by atoms with Crippen molar-refractivity contribution in [3.05, 3.63) is 46.4 Å². The van der Waals surface area contributed by atoms with Crippen LogP contribution in [-0.2, 0) is 0 Å². The van der Waals surface area contributed by atoms with Crippen molar-refractivity contribution >= 4 is 11.5 Å². The second-order valence-corrected chi connectivity index (χ2v) is 6.85. The summed E-state index contributed by atoms with van der Waals surface area (Å²) in [5.41, 5.74) is 5.46. The molecule has 2 aromatic rings. The summed E-state index contributed by atoms with van der Waals surface area (Å²) < 4.78 is 11.8. The summed E-state index contributed by atoms with van der Waals surface area (Å²) in [4.78, 5) is 21.0. The summed E-state index contributed by atoms with van der Waals surface area (Å²) in [6.07, 6.45) is 3.08. The van der Waals surface area contributed by atoms with Crippen LogP contribution < -0.4 is 15.2 Å². The van der Waals surface area contributed by atoms with Gasteiger partial charge < -0.3 is 15.2 Å². The summed E-state index contributed by atoms with van der Waals surface area (Å²) in [6.45, 7) is 2.98. The molecule has 4 rings (SSSR count). The number of hydrogen-bond donors (Lipinski definition) is 1. The fraction of sp³-hybridized carbons (Fsp3) is 0.444. The Kier molecular flexibility index (Phi) is 4.76. The zero-order chi connectivity index (χ0) is 18.8. The first-order valence-corrected chi connectivity index (χ1v) is 8.98. The maximum atomic E-state index is 10.9. The molecular formula is C18H21N5O4. The van der Waals surface area contributed by atoms with Gasteiger partial charge in [0.05, 0.1) is 4.92 Å². The molecule has 0 bridgehead atoms. The van der Waals surface area contributed by atoms with E-state index in [1.54, 1.807) is 0 Å². The summed E-state index contributed by atoms with van der Waals surface area (Å²) in [5, 5.41) is 10.9. The first-order chi connectivity index (χ1) is 13.1. The van der Waals surface area contributed by atoms with Gasteiger partial charge in [0, 0.05) is 19.0 Å². The lowest BCUT2D eigenvalue weighted by atomic mass is 9.97. The zero-order valence-electron chi connectivity index (χ0n) is 14.8. The molecule has 0 spiro atoms. The standard InChI is InChI=1S/C18H21N5O4/c19-17-14(23(24)25)8-20-18(21-17)12-4-3-7-22(9-12)10-13-11-26-15-5-1-2-6-16(15)27-13/h1-2,5-6,8,12-13H,3-4,7,9-11H2,(H2,19,20,21)/t12-,13-/m0/s1. The van der Waals surface area contributed by atoms with Crippen LogP contribution in [0.3, 0.4) is 0 Å². The molecule has 2 atom stereocenters. The molecule has 9 nitrogen and oxygen atoms in total. The van der Waals surface area contributed by atoms with Crippen molar-refractivity contribution in [2.45, 2.75) is 24.9 Å². The van der Waals surface area contributed by atoms with E-state index in [-0.39, 0.29) is 23.5 Å². The molecule has 1 saturated heterocycles. The molecular weight excluding hydrogens is 350 g/mol. The first-order valence-electron chi connectivity index (χ1n) is 8.98. The predicted molar refractivity (Wildman–Crippen MR) is 97.9 cm³/mol. The highest BCUT2D eigenvalue weighted by Crippen LogP contribution is 2.32. The third kappa shape index (κ3) is 3.77. The third-order valence-electron chi connectivity index (χ3n) is 4.91. The second kappa shape index (κ2) is 7.36. The van der Waals surface area contributed by atoms with E-state index in [1.807, 2.05) is 24.3 Å². The Hall–Kier alpha value is -2.94. The second-order valence-electron chi connectivity index (χ2n) is 6.85. The number of ether oxygens (including phenoxy) is 2. The number of hydrogen-bond acceptors (Lipinski definition) is 8. The Morgan fingerprint density at radius 1 is 1.33 bits per heavy atom. The van der Waals surface area contributed by atoms with Gasteiger partial charge in [0.15, 0.2) is 11.5 Å². The molecule has 0 amide bonds. The van der Waals surface area contributed by atoms with Gasteiger partial charge in [-0.1, -0.05) is 12.1 Å². The van der Waals surface area contributed by atoms with Gasteiger partial charge in [-0.05, 0) is 31.5 Å². The average Bonchev–Trinajstić information content (AvgIpc) is 2.68. The Morgan fingerprint density at radius 3 is 2.93 bits per heavy atom. The SMILES string of the molecule is Nc1nc([C@H]2CCCN(C[C@H]3COc4ccccc4O3)C2)ncc1[N+](=O)[O-]. The van der Waals surface area contributed by atoms with Crippen molar-refractivity contribution in [3.63, 3.8) is 0 Å². The van der Waals surface area contributed by atoms with Gasteiger partial charge in [0.2, 0.25) is 5.82 Å². The zero-order valence-corrected chi connectivity index (χ0v) is 14.8. The normalized spacial score (nSPS) is 22.4. The summed E-state index contributed by atoms with van der Waals surface area (Å²) in [5.74, 6) is 2.13. The molecule has 1 fully saturated rings. The molecule has 0 saturated carbocycles. The van der Waals surface area contributed by atoms with E-state index in [2.05, 4.69) is 14.9 Å². The lowest BCUT2D eigenvalue weighted by Crippen LogP contribution is -2.44. The maximum absolute atomic E-state index is 10.9. The van der Waals surface area contributed by atoms with Crippen LogP contribution in [0.25, 0.3) is 0 Å². The Bertz CT molecular complexity index is 846. The average molecular weight is 371 g/mol. The molecule has 9 heteroatoms. The molecule has 27 heavy (non-hydrogen) atoms. The number of nitrogens with zero attached hydrogens (tertiary/aromatic N) is 4. The summed E-state index contributed by atoms with van der Waals surface area (Å²) >= 11 is 0. The number of nitrogen functional groups attached to an aromatic ring is 1. The smallest absolute Gasteiger partial charge is 0.329 e. The Morgan fingerprint density at radius 2 is 2.15 bits per heavy atom. The number of nitro groups is 1. The molecule has 0 unspecified atom stereocenters. The van der Waals surface area contributed by atoms with Crippen LogP contribution in [0.4, 0.5) is 11.5 Å². The maximum Gasteiger partial charge on any atom is 0.329 e. The van der Waals surface area contributed by atoms with Crippen molar-refractivity contribution in [2.75, 3.05) is 32.0 Å². The van der Waals surface area contributed by atoms with Gasteiger partial charge in [-0.3, -0.25) is 15.0 Å². The van der Waals surface area contributed by atoms with Crippen LogP contribution in [0.1, 0.15) is 24.6 Å². The van der Waals surface area contributed by atoms with Crippen LogP contribution >= 0.6 is 0 Å². The topological polar surface area (TPSA) is 117 Å².